The molecule has 4 aromatic carbocycles. The number of furan rings is 1. The van der Waals surface area contributed by atoms with Crippen molar-refractivity contribution in [2.24, 2.45) is 5.10 Å². The van der Waals surface area contributed by atoms with Crippen LogP contribution in [-0.4, -0.2) is 15.9 Å². The molecule has 2 heterocycles. The highest BCUT2D eigenvalue weighted by molar-refractivity contribution is 9.10. The molecule has 0 radical (unpaired) electrons. The summed E-state index contributed by atoms with van der Waals surface area (Å²) in [5.74, 6) is 0.780. The maximum Gasteiger partial charge on any atom is 0.282 e. The summed E-state index contributed by atoms with van der Waals surface area (Å²) in [4.78, 5) is 18.3. The topological polar surface area (TPSA) is 69.6 Å². The normalized spacial score (nSPS) is 11.6. The fourth-order valence-electron chi connectivity index (χ4n) is 4.16. The van der Waals surface area contributed by atoms with Gasteiger partial charge in [-0.15, -0.1) is 0 Å². The van der Waals surface area contributed by atoms with Crippen LogP contribution in [-0.2, 0) is 6.61 Å². The number of nitrogens with zero attached hydrogens (tertiary/aromatic N) is 3. The third-order valence-electron chi connectivity index (χ3n) is 6.08. The van der Waals surface area contributed by atoms with Gasteiger partial charge < -0.3 is 9.15 Å². The standard InChI is InChI=1S/C30H18Br2FN3O3/c31-21-10-12-27-19(13-21)15-28(39-27)29-35-25-8-4-2-6-23(25)30(37)36(29)34-16-20-14-22(32)9-11-26(20)38-17-18-5-1-3-7-24(18)33/h1-16H,17H2. The summed E-state index contributed by atoms with van der Waals surface area (Å²) in [6.07, 6.45) is 1.52. The van der Waals surface area contributed by atoms with Gasteiger partial charge in [-0.2, -0.15) is 9.78 Å². The van der Waals surface area contributed by atoms with Crippen LogP contribution in [0, 0.1) is 5.82 Å². The van der Waals surface area contributed by atoms with Gasteiger partial charge in [0, 0.05) is 25.5 Å². The molecule has 0 amide bonds. The summed E-state index contributed by atoms with van der Waals surface area (Å²) >= 11 is 6.96. The van der Waals surface area contributed by atoms with Gasteiger partial charge in [-0.3, -0.25) is 4.79 Å². The third kappa shape index (κ3) is 5.15. The molecule has 0 atom stereocenters. The Morgan fingerprint density at radius 1 is 0.949 bits per heavy atom. The monoisotopic (exact) mass is 645 g/mol. The Morgan fingerprint density at radius 3 is 2.59 bits per heavy atom. The maximum atomic E-state index is 14.1. The smallest absolute Gasteiger partial charge is 0.282 e. The Kier molecular flexibility index (Phi) is 6.85. The molecule has 2 aromatic heterocycles. The Labute approximate surface area is 238 Å². The third-order valence-corrected chi connectivity index (χ3v) is 7.06. The number of hydrogen-bond donors (Lipinski definition) is 0. The number of benzene rings is 4. The molecule has 6 rings (SSSR count). The van der Waals surface area contributed by atoms with E-state index in [0.29, 0.717) is 39.1 Å². The number of ether oxygens (including phenoxy) is 1. The average molecular weight is 647 g/mol. The van der Waals surface area contributed by atoms with E-state index in [2.05, 4.69) is 37.0 Å². The number of rotatable bonds is 6. The van der Waals surface area contributed by atoms with Crippen LogP contribution in [0.25, 0.3) is 33.5 Å². The first-order valence-electron chi connectivity index (χ1n) is 11.9. The molecule has 0 bridgehead atoms. The minimum absolute atomic E-state index is 0.0341. The van der Waals surface area contributed by atoms with Crippen molar-refractivity contribution in [3.63, 3.8) is 0 Å². The Hall–Kier alpha value is -4.08. The molecule has 0 aliphatic rings. The second-order valence-corrected chi connectivity index (χ2v) is 10.5. The molecule has 6 aromatic rings. The zero-order valence-electron chi connectivity index (χ0n) is 20.1. The van der Waals surface area contributed by atoms with E-state index in [1.54, 1.807) is 48.5 Å². The van der Waals surface area contributed by atoms with E-state index in [1.165, 1.54) is 17.0 Å². The van der Waals surface area contributed by atoms with Crippen molar-refractivity contribution in [2.75, 3.05) is 0 Å². The van der Waals surface area contributed by atoms with Gasteiger partial charge in [-0.1, -0.05) is 62.2 Å². The molecule has 39 heavy (non-hydrogen) atoms. The molecule has 0 fully saturated rings. The van der Waals surface area contributed by atoms with Gasteiger partial charge >= 0.3 is 0 Å². The number of fused-ring (bicyclic) bond motifs is 2. The van der Waals surface area contributed by atoms with Gasteiger partial charge in [0.15, 0.2) is 5.76 Å². The Balaban J connectivity index is 1.45. The lowest BCUT2D eigenvalue weighted by atomic mass is 10.2. The van der Waals surface area contributed by atoms with E-state index in [1.807, 2.05) is 36.4 Å². The summed E-state index contributed by atoms with van der Waals surface area (Å²) in [5, 5.41) is 5.81. The molecule has 0 saturated heterocycles. The molecule has 0 aliphatic heterocycles. The van der Waals surface area contributed by atoms with Crippen LogP contribution < -0.4 is 10.3 Å². The van der Waals surface area contributed by atoms with E-state index >= 15 is 0 Å². The predicted octanol–water partition coefficient (Wildman–Crippen LogP) is 7.94. The van der Waals surface area contributed by atoms with E-state index in [9.17, 15) is 9.18 Å². The fraction of sp³-hybridized carbons (Fsp3) is 0.0333. The zero-order valence-corrected chi connectivity index (χ0v) is 23.3. The summed E-state index contributed by atoms with van der Waals surface area (Å²) in [6.45, 7) is 0.0341. The first-order valence-corrected chi connectivity index (χ1v) is 13.5. The van der Waals surface area contributed by atoms with Gasteiger partial charge in [-0.25, -0.2) is 9.37 Å². The summed E-state index contributed by atoms with van der Waals surface area (Å²) in [5.41, 5.74) is 1.85. The van der Waals surface area contributed by atoms with Gasteiger partial charge in [0.2, 0.25) is 5.82 Å². The molecular weight excluding hydrogens is 629 g/mol. The fourth-order valence-corrected chi connectivity index (χ4v) is 4.91. The number of aromatic nitrogens is 2. The number of para-hydroxylation sites is 1. The molecule has 0 spiro atoms. The zero-order chi connectivity index (χ0) is 26.9. The van der Waals surface area contributed by atoms with Crippen molar-refractivity contribution in [1.29, 1.82) is 0 Å². The predicted molar refractivity (Wildman–Crippen MR) is 157 cm³/mol. The number of hydrogen-bond acceptors (Lipinski definition) is 5. The SMILES string of the molecule is O=c1c2ccccc2nc(-c2cc3cc(Br)ccc3o2)n1N=Cc1cc(Br)ccc1OCc1ccccc1F. The van der Waals surface area contributed by atoms with Crippen molar-refractivity contribution >= 4 is 59.9 Å². The van der Waals surface area contributed by atoms with Gasteiger partial charge in [-0.05, 0) is 60.7 Å². The lowest BCUT2D eigenvalue weighted by Crippen LogP contribution is -2.20. The highest BCUT2D eigenvalue weighted by Crippen LogP contribution is 2.29. The molecule has 6 nitrogen and oxygen atoms in total. The lowest BCUT2D eigenvalue weighted by molar-refractivity contribution is 0.299. The van der Waals surface area contributed by atoms with Gasteiger partial charge in [0.1, 0.15) is 23.8 Å². The number of halogens is 3. The molecule has 0 N–H and O–H groups in total. The van der Waals surface area contributed by atoms with E-state index in [0.717, 1.165) is 14.3 Å². The highest BCUT2D eigenvalue weighted by atomic mass is 79.9. The maximum absolute atomic E-state index is 14.1. The highest BCUT2D eigenvalue weighted by Gasteiger charge is 2.17. The minimum atomic E-state index is -0.350. The molecule has 9 heteroatoms. The van der Waals surface area contributed by atoms with Crippen LogP contribution in [0.15, 0.2) is 114 Å². The van der Waals surface area contributed by atoms with Crippen LogP contribution in [0.1, 0.15) is 11.1 Å². The van der Waals surface area contributed by atoms with Crippen molar-refractivity contribution in [3.8, 4) is 17.3 Å². The molecule has 192 valence electrons. The average Bonchev–Trinajstić information content (AvgIpc) is 3.36. The van der Waals surface area contributed by atoms with Crippen LogP contribution in [0.3, 0.4) is 0 Å². The summed E-state index contributed by atoms with van der Waals surface area (Å²) < 4.78 is 29.0. The molecular formula is C30H18Br2FN3O3. The quantitative estimate of drug-likeness (QED) is 0.172. The second-order valence-electron chi connectivity index (χ2n) is 8.67. The van der Waals surface area contributed by atoms with Crippen molar-refractivity contribution < 1.29 is 13.5 Å². The first kappa shape index (κ1) is 25.2. The lowest BCUT2D eigenvalue weighted by Gasteiger charge is -2.11. The van der Waals surface area contributed by atoms with E-state index < -0.39 is 0 Å². The van der Waals surface area contributed by atoms with Crippen LogP contribution in [0.2, 0.25) is 0 Å². The summed E-state index contributed by atoms with van der Waals surface area (Å²) in [6, 6.07) is 26.4. The van der Waals surface area contributed by atoms with Crippen LogP contribution >= 0.6 is 31.9 Å². The second kappa shape index (κ2) is 10.6. The first-order chi connectivity index (χ1) is 19.0. The van der Waals surface area contributed by atoms with Crippen molar-refractivity contribution in [3.05, 3.63) is 127 Å². The Bertz CT molecular complexity index is 1950. The van der Waals surface area contributed by atoms with E-state index in [-0.39, 0.29) is 23.8 Å². The largest absolute Gasteiger partial charge is 0.488 e. The molecule has 0 unspecified atom stereocenters. The Morgan fingerprint density at radius 2 is 1.72 bits per heavy atom. The summed E-state index contributed by atoms with van der Waals surface area (Å²) in [7, 11) is 0. The van der Waals surface area contributed by atoms with Crippen LogP contribution in [0.4, 0.5) is 4.39 Å². The van der Waals surface area contributed by atoms with E-state index in [4.69, 9.17) is 14.1 Å². The van der Waals surface area contributed by atoms with Crippen LogP contribution in [0.5, 0.6) is 5.75 Å². The molecule has 0 aliphatic carbocycles. The van der Waals surface area contributed by atoms with Crippen molar-refractivity contribution in [1.82, 2.24) is 9.66 Å². The molecule has 0 saturated carbocycles. The van der Waals surface area contributed by atoms with Crippen molar-refractivity contribution in [2.45, 2.75) is 6.61 Å². The van der Waals surface area contributed by atoms with Gasteiger partial charge in [0.05, 0.1) is 17.1 Å². The minimum Gasteiger partial charge on any atom is -0.488 e. The van der Waals surface area contributed by atoms with Gasteiger partial charge in [0.25, 0.3) is 5.56 Å².